The fourth-order valence-corrected chi connectivity index (χ4v) is 4.65. The largest absolute Gasteiger partial charge is 0.359 e. The Morgan fingerprint density at radius 3 is 1.68 bits per heavy atom. The van der Waals surface area contributed by atoms with Crippen molar-refractivity contribution in [1.29, 1.82) is 0 Å². The summed E-state index contributed by atoms with van der Waals surface area (Å²) in [5.74, 6) is 1.27. The maximum Gasteiger partial charge on any atom is 0.359 e. The van der Waals surface area contributed by atoms with Gasteiger partial charge in [-0.05, 0) is 75.3 Å². The van der Waals surface area contributed by atoms with Crippen LogP contribution in [0.15, 0.2) is 59.0 Å². The van der Waals surface area contributed by atoms with Gasteiger partial charge in [0.1, 0.15) is 11.6 Å². The number of rotatable bonds is 2. The minimum atomic E-state index is -0.225. The highest BCUT2D eigenvalue weighted by Gasteiger charge is 2.32. The molecule has 31 heavy (non-hydrogen) atoms. The SMILES string of the molecule is Fc1ccccc1/C=C1/CCCCc2cc3c([o+]c21)/C(=C/c1ccccc1F)CCC3. The Kier molecular flexibility index (Phi) is 5.50. The molecule has 2 aliphatic rings. The summed E-state index contributed by atoms with van der Waals surface area (Å²) in [5, 5.41) is 0. The second-order valence-corrected chi connectivity index (χ2v) is 8.40. The number of benzene rings is 2. The number of fused-ring (bicyclic) bond motifs is 2. The number of halogens is 2. The third kappa shape index (κ3) is 4.10. The number of hydrogen-bond acceptors (Lipinski definition) is 0. The molecule has 0 aliphatic heterocycles. The molecule has 0 radical (unpaired) electrons. The van der Waals surface area contributed by atoms with Crippen LogP contribution in [0.2, 0.25) is 0 Å². The second kappa shape index (κ2) is 8.58. The van der Waals surface area contributed by atoms with Crippen LogP contribution in [0.5, 0.6) is 0 Å². The van der Waals surface area contributed by atoms with E-state index >= 15 is 0 Å². The van der Waals surface area contributed by atoms with Crippen molar-refractivity contribution >= 4 is 23.3 Å². The molecule has 3 aromatic rings. The molecule has 0 N–H and O–H groups in total. The van der Waals surface area contributed by atoms with Crippen molar-refractivity contribution in [2.75, 3.05) is 0 Å². The smallest absolute Gasteiger partial charge is 0.207 e. The normalized spacial score (nSPS) is 18.5. The van der Waals surface area contributed by atoms with Crippen LogP contribution in [-0.4, -0.2) is 0 Å². The molecule has 0 bridgehead atoms. The summed E-state index contributed by atoms with van der Waals surface area (Å²) in [6.07, 6.45) is 10.7. The molecule has 0 saturated heterocycles. The highest BCUT2D eigenvalue weighted by molar-refractivity contribution is 5.84. The molecule has 0 amide bonds. The van der Waals surface area contributed by atoms with E-state index in [1.54, 1.807) is 24.3 Å². The zero-order valence-electron chi connectivity index (χ0n) is 17.5. The topological polar surface area (TPSA) is 11.3 Å². The van der Waals surface area contributed by atoms with Crippen LogP contribution < -0.4 is 0 Å². The summed E-state index contributed by atoms with van der Waals surface area (Å²) in [7, 11) is 0. The van der Waals surface area contributed by atoms with Crippen LogP contribution in [0.1, 0.15) is 65.9 Å². The molecular weight excluding hydrogens is 390 g/mol. The van der Waals surface area contributed by atoms with E-state index in [-0.39, 0.29) is 11.6 Å². The fourth-order valence-electron chi connectivity index (χ4n) is 4.65. The highest BCUT2D eigenvalue weighted by atomic mass is 19.1. The Hall–Kier alpha value is -3.07. The molecule has 0 fully saturated rings. The molecule has 5 rings (SSSR count). The Labute approximate surface area is 181 Å². The first-order valence-electron chi connectivity index (χ1n) is 11.1. The molecule has 0 unspecified atom stereocenters. The van der Waals surface area contributed by atoms with Crippen molar-refractivity contribution in [2.24, 2.45) is 0 Å². The van der Waals surface area contributed by atoms with E-state index in [1.807, 2.05) is 24.3 Å². The first-order valence-corrected chi connectivity index (χ1v) is 11.1. The summed E-state index contributed by atoms with van der Waals surface area (Å²) in [5.41, 5.74) is 5.63. The lowest BCUT2D eigenvalue weighted by Gasteiger charge is -2.13. The Bertz CT molecular complexity index is 1190. The van der Waals surface area contributed by atoms with Gasteiger partial charge < -0.3 is 0 Å². The Morgan fingerprint density at radius 1 is 0.613 bits per heavy atom. The average molecular weight is 416 g/mol. The average Bonchev–Trinajstić information content (AvgIpc) is 2.97. The molecule has 1 heterocycles. The zero-order valence-corrected chi connectivity index (χ0v) is 17.5. The lowest BCUT2D eigenvalue weighted by molar-refractivity contribution is 0.495. The van der Waals surface area contributed by atoms with E-state index in [4.69, 9.17) is 4.42 Å². The zero-order chi connectivity index (χ0) is 21.2. The lowest BCUT2D eigenvalue weighted by atomic mass is 9.89. The van der Waals surface area contributed by atoms with Crippen molar-refractivity contribution < 1.29 is 13.2 Å². The fraction of sp³-hybridized carbons (Fsp3) is 0.250. The minimum absolute atomic E-state index is 0.223. The van der Waals surface area contributed by atoms with Gasteiger partial charge in [0.25, 0.3) is 0 Å². The monoisotopic (exact) mass is 415 g/mol. The third-order valence-electron chi connectivity index (χ3n) is 6.22. The predicted molar refractivity (Wildman–Crippen MR) is 122 cm³/mol. The minimum Gasteiger partial charge on any atom is -0.207 e. The molecule has 0 saturated carbocycles. The molecule has 1 aromatic heterocycles. The first kappa shape index (κ1) is 19.9. The van der Waals surface area contributed by atoms with Crippen LogP contribution >= 0.6 is 0 Å². The summed E-state index contributed by atoms with van der Waals surface area (Å²) in [6, 6.07) is 16.0. The van der Waals surface area contributed by atoms with Crippen molar-refractivity contribution in [3.05, 3.63) is 100 Å². The van der Waals surface area contributed by atoms with Crippen molar-refractivity contribution in [3.63, 3.8) is 0 Å². The van der Waals surface area contributed by atoms with E-state index in [0.717, 1.165) is 67.6 Å². The molecule has 3 heteroatoms. The second-order valence-electron chi connectivity index (χ2n) is 8.40. The van der Waals surface area contributed by atoms with E-state index in [1.165, 1.54) is 23.3 Å². The van der Waals surface area contributed by atoms with Crippen LogP contribution in [0.25, 0.3) is 23.3 Å². The van der Waals surface area contributed by atoms with E-state index in [0.29, 0.717) is 11.1 Å². The molecule has 1 nitrogen and oxygen atoms in total. The van der Waals surface area contributed by atoms with Crippen LogP contribution in [0.3, 0.4) is 0 Å². The molecule has 0 spiro atoms. The summed E-state index contributed by atoms with van der Waals surface area (Å²) >= 11 is 0. The van der Waals surface area contributed by atoms with Crippen molar-refractivity contribution in [1.82, 2.24) is 0 Å². The summed E-state index contributed by atoms with van der Waals surface area (Å²) in [6.45, 7) is 0. The maximum absolute atomic E-state index is 14.3. The van der Waals surface area contributed by atoms with Crippen LogP contribution in [0.4, 0.5) is 8.78 Å². The van der Waals surface area contributed by atoms with Crippen molar-refractivity contribution in [3.8, 4) is 0 Å². The van der Waals surface area contributed by atoms with Gasteiger partial charge in [-0.25, -0.2) is 13.2 Å². The van der Waals surface area contributed by atoms with E-state index < -0.39 is 0 Å². The van der Waals surface area contributed by atoms with Crippen LogP contribution in [0, 0.1) is 11.6 Å². The van der Waals surface area contributed by atoms with Gasteiger partial charge in [-0.2, -0.15) is 0 Å². The quantitative estimate of drug-likeness (QED) is 0.305. The molecule has 2 aliphatic carbocycles. The highest BCUT2D eigenvalue weighted by Crippen LogP contribution is 2.39. The number of allylic oxidation sites excluding steroid dienone is 2. The predicted octanol–water partition coefficient (Wildman–Crippen LogP) is 7.98. The van der Waals surface area contributed by atoms with E-state index in [2.05, 4.69) is 6.07 Å². The Morgan fingerprint density at radius 2 is 1.10 bits per heavy atom. The lowest BCUT2D eigenvalue weighted by Crippen LogP contribution is -2.05. The molecule has 2 aromatic carbocycles. The van der Waals surface area contributed by atoms with Gasteiger partial charge in [-0.1, -0.05) is 36.4 Å². The van der Waals surface area contributed by atoms with Crippen molar-refractivity contribution in [2.45, 2.75) is 44.9 Å². The molecule has 156 valence electrons. The van der Waals surface area contributed by atoms with Gasteiger partial charge in [0.15, 0.2) is 0 Å². The van der Waals surface area contributed by atoms with Gasteiger partial charge in [-0.15, -0.1) is 0 Å². The van der Waals surface area contributed by atoms with Gasteiger partial charge in [0.05, 0.1) is 22.3 Å². The third-order valence-corrected chi connectivity index (χ3v) is 6.22. The number of hydrogen-bond donors (Lipinski definition) is 0. The van der Waals surface area contributed by atoms with E-state index in [9.17, 15) is 8.78 Å². The molecule has 0 atom stereocenters. The van der Waals surface area contributed by atoms with Gasteiger partial charge >= 0.3 is 11.5 Å². The van der Waals surface area contributed by atoms with Gasteiger partial charge in [0.2, 0.25) is 0 Å². The summed E-state index contributed by atoms with van der Waals surface area (Å²) < 4.78 is 35.2. The van der Waals surface area contributed by atoms with Crippen LogP contribution in [-0.2, 0) is 12.8 Å². The Balaban J connectivity index is 1.64. The standard InChI is InChI=1S/C28H25F2O/c29-25-14-5-3-8-19(25)16-21-10-1-2-11-22-18-24-13-7-12-23(28(24)31-27(21)22)17-20-9-4-6-15-26(20)30/h3-6,8-9,14-18H,1-2,7,10-13H2/q+1/b21-16-,23-17+. The first-order chi connectivity index (χ1) is 15.2. The van der Waals surface area contributed by atoms with Gasteiger partial charge in [0, 0.05) is 11.1 Å². The summed E-state index contributed by atoms with van der Waals surface area (Å²) in [4.78, 5) is 0. The molecular formula is C28H25F2O+. The maximum atomic E-state index is 14.3. The number of aryl methyl sites for hydroxylation is 2. The van der Waals surface area contributed by atoms with Gasteiger partial charge in [-0.3, -0.25) is 0 Å².